The van der Waals surface area contributed by atoms with Gasteiger partial charge in [-0.25, -0.2) is 4.98 Å². The first-order chi connectivity index (χ1) is 14.5. The number of hydrogen-bond donors (Lipinski definition) is 1. The van der Waals surface area contributed by atoms with Gasteiger partial charge in [0.25, 0.3) is 0 Å². The average Bonchev–Trinajstić information content (AvgIpc) is 3.59. The minimum absolute atomic E-state index is 0.121. The van der Waals surface area contributed by atoms with Gasteiger partial charge in [0.05, 0.1) is 0 Å². The largest absolute Gasteiger partial charge is 0.383 e. The highest BCUT2D eigenvalue weighted by atomic mass is 16.1. The lowest BCUT2D eigenvalue weighted by atomic mass is 9.99. The van der Waals surface area contributed by atoms with Crippen LogP contribution in [-0.4, -0.2) is 23.4 Å². The summed E-state index contributed by atoms with van der Waals surface area (Å²) in [7, 11) is 2.20. The third-order valence-electron chi connectivity index (χ3n) is 6.54. The predicted octanol–water partition coefficient (Wildman–Crippen LogP) is 5.53. The molecule has 1 aliphatic carbocycles. The van der Waals surface area contributed by atoms with Crippen molar-refractivity contribution in [1.82, 2.24) is 4.98 Å². The Balaban J connectivity index is 1.40. The van der Waals surface area contributed by atoms with Gasteiger partial charge in [0.1, 0.15) is 5.82 Å². The Hall–Kier alpha value is -3.14. The molecule has 1 aromatic heterocycles. The van der Waals surface area contributed by atoms with Gasteiger partial charge in [0.15, 0.2) is 5.78 Å². The molecule has 0 amide bonds. The summed E-state index contributed by atoms with van der Waals surface area (Å²) < 4.78 is 0. The smallest absolute Gasteiger partial charge is 0.163 e. The molecule has 154 valence electrons. The molecule has 4 nitrogen and oxygen atoms in total. The number of anilines is 2. The molecule has 1 saturated carbocycles. The van der Waals surface area contributed by atoms with Gasteiger partial charge in [0.2, 0.25) is 0 Å². The Bertz CT molecular complexity index is 1020. The summed E-state index contributed by atoms with van der Waals surface area (Å²) in [6.45, 7) is 2.27. The zero-order chi connectivity index (χ0) is 21.1. The van der Waals surface area contributed by atoms with E-state index < -0.39 is 0 Å². The summed E-state index contributed by atoms with van der Waals surface area (Å²) in [5.74, 6) is 0.623. The lowest BCUT2D eigenvalue weighted by Gasteiger charge is -2.29. The minimum Gasteiger partial charge on any atom is -0.383 e. The number of nitrogens with two attached hydrogens (primary N) is 1. The van der Waals surface area contributed by atoms with Crippen LogP contribution in [0.15, 0.2) is 66.9 Å². The molecular weight excluding hydrogens is 370 g/mol. The fourth-order valence-electron chi connectivity index (χ4n) is 4.13. The second-order valence-electron chi connectivity index (χ2n) is 8.23. The molecule has 30 heavy (non-hydrogen) atoms. The van der Waals surface area contributed by atoms with Gasteiger partial charge < -0.3 is 10.6 Å². The molecule has 2 aromatic carbocycles. The maximum Gasteiger partial charge on any atom is 0.163 e. The Morgan fingerprint density at radius 1 is 1.03 bits per heavy atom. The van der Waals surface area contributed by atoms with Crippen molar-refractivity contribution in [1.29, 1.82) is 0 Å². The third kappa shape index (κ3) is 4.09. The van der Waals surface area contributed by atoms with Crippen molar-refractivity contribution in [2.45, 2.75) is 44.6 Å². The van der Waals surface area contributed by atoms with E-state index in [4.69, 9.17) is 5.73 Å². The highest BCUT2D eigenvalue weighted by Gasteiger charge is 2.44. The number of rotatable bonds is 8. The molecular formula is C26H29N3O. The fraction of sp³-hybridized carbons (Fsp3) is 0.308. The van der Waals surface area contributed by atoms with Crippen molar-refractivity contribution < 1.29 is 4.79 Å². The summed E-state index contributed by atoms with van der Waals surface area (Å²) in [6.07, 6.45) is 6.45. The van der Waals surface area contributed by atoms with Crippen molar-refractivity contribution in [3.63, 3.8) is 0 Å². The molecule has 0 unspecified atom stereocenters. The SMILES string of the molecule is CCC1(N(C)c2ccc(-c3ccc(C(=O)CCc4cccnc4N)cc3)cc2)CC1. The van der Waals surface area contributed by atoms with Crippen LogP contribution in [0.5, 0.6) is 0 Å². The standard InChI is InChI=1S/C26H29N3O/c1-3-26(16-17-26)29(2)23-13-10-20(11-14-23)19-6-8-21(9-7-19)24(30)15-12-22-5-4-18-28-25(22)27/h4-11,13-14,18H,3,12,15-17H2,1-2H3,(H2,27,28). The van der Waals surface area contributed by atoms with E-state index in [0.29, 0.717) is 24.2 Å². The van der Waals surface area contributed by atoms with Gasteiger partial charge in [-0.05, 0) is 60.6 Å². The molecule has 4 heteroatoms. The first-order valence-electron chi connectivity index (χ1n) is 10.7. The molecule has 0 aliphatic heterocycles. The topological polar surface area (TPSA) is 59.2 Å². The molecule has 1 aliphatic rings. The second kappa shape index (κ2) is 8.31. The van der Waals surface area contributed by atoms with Crippen LogP contribution in [0.4, 0.5) is 11.5 Å². The van der Waals surface area contributed by atoms with Gasteiger partial charge in [-0.15, -0.1) is 0 Å². The molecule has 0 bridgehead atoms. The van der Waals surface area contributed by atoms with E-state index in [1.807, 2.05) is 36.4 Å². The summed E-state index contributed by atoms with van der Waals surface area (Å²) in [6, 6.07) is 20.4. The number of nitrogen functional groups attached to an aromatic ring is 1. The lowest BCUT2D eigenvalue weighted by Crippen LogP contribution is -2.32. The van der Waals surface area contributed by atoms with E-state index in [1.165, 1.54) is 24.9 Å². The van der Waals surface area contributed by atoms with Crippen LogP contribution in [-0.2, 0) is 6.42 Å². The monoisotopic (exact) mass is 399 g/mol. The average molecular weight is 400 g/mol. The number of Topliss-reactive ketones (excluding diaryl/α,β-unsaturated/α-hetero) is 1. The number of nitrogens with zero attached hydrogens (tertiary/aromatic N) is 2. The third-order valence-corrected chi connectivity index (χ3v) is 6.54. The van der Waals surface area contributed by atoms with Crippen LogP contribution in [0.2, 0.25) is 0 Å². The van der Waals surface area contributed by atoms with E-state index in [2.05, 4.69) is 48.1 Å². The zero-order valence-corrected chi connectivity index (χ0v) is 17.8. The summed E-state index contributed by atoms with van der Waals surface area (Å²) >= 11 is 0. The van der Waals surface area contributed by atoms with E-state index in [1.54, 1.807) is 6.20 Å². The van der Waals surface area contributed by atoms with Crippen molar-refractivity contribution in [2.24, 2.45) is 0 Å². The Morgan fingerprint density at radius 2 is 1.67 bits per heavy atom. The maximum absolute atomic E-state index is 12.6. The van der Waals surface area contributed by atoms with E-state index in [9.17, 15) is 4.79 Å². The van der Waals surface area contributed by atoms with Crippen molar-refractivity contribution in [3.8, 4) is 11.1 Å². The van der Waals surface area contributed by atoms with Gasteiger partial charge >= 0.3 is 0 Å². The lowest BCUT2D eigenvalue weighted by molar-refractivity contribution is 0.0983. The Kier molecular flexibility index (Phi) is 5.58. The summed E-state index contributed by atoms with van der Waals surface area (Å²) in [5.41, 5.74) is 11.4. The summed E-state index contributed by atoms with van der Waals surface area (Å²) in [4.78, 5) is 19.1. The molecule has 4 rings (SSSR count). The second-order valence-corrected chi connectivity index (χ2v) is 8.23. The number of hydrogen-bond acceptors (Lipinski definition) is 4. The van der Waals surface area contributed by atoms with Crippen molar-refractivity contribution in [3.05, 3.63) is 78.0 Å². The van der Waals surface area contributed by atoms with Crippen LogP contribution >= 0.6 is 0 Å². The first kappa shape index (κ1) is 20.1. The van der Waals surface area contributed by atoms with Crippen LogP contribution < -0.4 is 10.6 Å². The van der Waals surface area contributed by atoms with Gasteiger partial charge in [-0.1, -0.05) is 49.4 Å². The van der Waals surface area contributed by atoms with Crippen LogP contribution in [0.3, 0.4) is 0 Å². The Labute approximate surface area is 178 Å². The minimum atomic E-state index is 0.121. The van der Waals surface area contributed by atoms with Crippen LogP contribution in [0.1, 0.15) is 48.5 Å². The van der Waals surface area contributed by atoms with Crippen molar-refractivity contribution in [2.75, 3.05) is 17.7 Å². The molecule has 1 fully saturated rings. The molecule has 0 atom stereocenters. The molecule has 1 heterocycles. The number of carbonyl (C=O) groups is 1. The first-order valence-corrected chi connectivity index (χ1v) is 10.7. The molecule has 3 aromatic rings. The number of aryl methyl sites for hydroxylation is 1. The van der Waals surface area contributed by atoms with Crippen LogP contribution in [0.25, 0.3) is 11.1 Å². The normalized spacial score (nSPS) is 14.3. The number of pyridine rings is 1. The molecule has 2 N–H and O–H groups in total. The van der Waals surface area contributed by atoms with Gasteiger partial charge in [-0.3, -0.25) is 4.79 Å². The number of carbonyl (C=O) groups excluding carboxylic acids is 1. The van der Waals surface area contributed by atoms with E-state index in [-0.39, 0.29) is 5.78 Å². The summed E-state index contributed by atoms with van der Waals surface area (Å²) in [5, 5.41) is 0. The number of aromatic nitrogens is 1. The van der Waals surface area contributed by atoms with E-state index in [0.717, 1.165) is 22.3 Å². The highest BCUT2D eigenvalue weighted by molar-refractivity contribution is 5.96. The quantitative estimate of drug-likeness (QED) is 0.506. The maximum atomic E-state index is 12.6. The van der Waals surface area contributed by atoms with E-state index >= 15 is 0 Å². The zero-order valence-electron chi connectivity index (χ0n) is 17.8. The number of benzene rings is 2. The predicted molar refractivity (Wildman–Crippen MR) is 124 cm³/mol. The van der Waals surface area contributed by atoms with Crippen LogP contribution in [0, 0.1) is 0 Å². The van der Waals surface area contributed by atoms with Gasteiger partial charge in [-0.2, -0.15) is 0 Å². The molecule has 0 spiro atoms. The van der Waals surface area contributed by atoms with Gasteiger partial charge in [0, 0.05) is 36.5 Å². The highest BCUT2D eigenvalue weighted by Crippen LogP contribution is 2.45. The fourth-order valence-corrected chi connectivity index (χ4v) is 4.13. The molecule has 0 radical (unpaired) electrons. The van der Waals surface area contributed by atoms with Crippen molar-refractivity contribution >= 4 is 17.3 Å². The molecule has 0 saturated heterocycles. The number of ketones is 1. The Morgan fingerprint density at radius 3 is 2.23 bits per heavy atom.